The van der Waals surface area contributed by atoms with E-state index in [-0.39, 0.29) is 24.8 Å². The first kappa shape index (κ1) is 26.2. The van der Waals surface area contributed by atoms with E-state index in [0.717, 1.165) is 54.3 Å². The van der Waals surface area contributed by atoms with Crippen LogP contribution in [0, 0.1) is 0 Å². The summed E-state index contributed by atoms with van der Waals surface area (Å²) in [7, 11) is 1.66. The van der Waals surface area contributed by atoms with Gasteiger partial charge >= 0.3 is 0 Å². The van der Waals surface area contributed by atoms with E-state index in [0.29, 0.717) is 0 Å². The molecule has 0 fully saturated rings. The quantitative estimate of drug-likeness (QED) is 0.266. The SMILES string of the molecule is COc1ccc(CCc2ccccn2)cc1Oc1ccc(CCc2ccccn2)cc1.Cl.Cl. The first-order valence-corrected chi connectivity index (χ1v) is 10.5. The number of aryl methyl sites for hydroxylation is 4. The molecular weight excluding hydrogens is 455 g/mol. The Labute approximate surface area is 207 Å². The van der Waals surface area contributed by atoms with Crippen LogP contribution < -0.4 is 9.47 Å². The summed E-state index contributed by atoms with van der Waals surface area (Å²) in [6.07, 6.45) is 7.32. The van der Waals surface area contributed by atoms with Gasteiger partial charge in [0.15, 0.2) is 11.5 Å². The van der Waals surface area contributed by atoms with Crippen LogP contribution in [0.3, 0.4) is 0 Å². The van der Waals surface area contributed by atoms with Crippen LogP contribution in [0.1, 0.15) is 22.5 Å². The third-order valence-electron chi connectivity index (χ3n) is 5.17. The zero-order valence-electron chi connectivity index (χ0n) is 18.5. The highest BCUT2D eigenvalue weighted by atomic mass is 35.5. The Kier molecular flexibility index (Phi) is 10.7. The first-order chi connectivity index (χ1) is 15.3. The predicted molar refractivity (Wildman–Crippen MR) is 137 cm³/mol. The first-order valence-electron chi connectivity index (χ1n) is 10.5. The minimum absolute atomic E-state index is 0. The summed E-state index contributed by atoms with van der Waals surface area (Å²) >= 11 is 0. The Bertz CT molecular complexity index is 1090. The molecular formula is C27H28Cl2N2O2. The average molecular weight is 483 g/mol. The fourth-order valence-electron chi connectivity index (χ4n) is 3.44. The largest absolute Gasteiger partial charge is 0.493 e. The molecule has 0 saturated carbocycles. The molecule has 0 amide bonds. The lowest BCUT2D eigenvalue weighted by atomic mass is 10.1. The van der Waals surface area contributed by atoms with Gasteiger partial charge in [-0.25, -0.2) is 0 Å². The molecule has 33 heavy (non-hydrogen) atoms. The van der Waals surface area contributed by atoms with E-state index in [9.17, 15) is 0 Å². The Morgan fingerprint density at radius 1 is 0.606 bits per heavy atom. The summed E-state index contributed by atoms with van der Waals surface area (Å²) < 4.78 is 11.7. The summed E-state index contributed by atoms with van der Waals surface area (Å²) in [6.45, 7) is 0. The zero-order chi connectivity index (χ0) is 21.3. The Morgan fingerprint density at radius 2 is 1.18 bits per heavy atom. The lowest BCUT2D eigenvalue weighted by Gasteiger charge is -2.13. The molecule has 0 spiro atoms. The number of hydrogen-bond acceptors (Lipinski definition) is 4. The third kappa shape index (κ3) is 7.77. The van der Waals surface area contributed by atoms with Crippen LogP contribution in [-0.2, 0) is 25.7 Å². The van der Waals surface area contributed by atoms with Crippen molar-refractivity contribution in [3.8, 4) is 17.2 Å². The molecule has 2 aromatic heterocycles. The molecule has 2 aromatic carbocycles. The molecule has 0 aliphatic rings. The predicted octanol–water partition coefficient (Wildman–Crippen LogP) is 6.69. The van der Waals surface area contributed by atoms with Crippen molar-refractivity contribution in [3.05, 3.63) is 114 Å². The van der Waals surface area contributed by atoms with Crippen molar-refractivity contribution in [2.45, 2.75) is 25.7 Å². The Morgan fingerprint density at radius 3 is 1.73 bits per heavy atom. The number of nitrogens with zero attached hydrogens (tertiary/aromatic N) is 2. The van der Waals surface area contributed by atoms with Crippen LogP contribution >= 0.6 is 24.8 Å². The Balaban J connectivity index is 0.00000193. The van der Waals surface area contributed by atoms with Gasteiger partial charge in [-0.3, -0.25) is 9.97 Å². The maximum Gasteiger partial charge on any atom is 0.169 e. The molecule has 4 aromatic rings. The molecule has 172 valence electrons. The standard InChI is InChI=1S/C27H26N2O2.2ClH/c1-30-26-17-12-22(9-14-24-7-3-5-19-29-24)20-27(26)31-25-15-10-21(11-16-25)8-13-23-6-2-4-18-28-23;;/h2-7,10-12,15-20H,8-9,13-14H2,1H3;2*1H. The van der Waals surface area contributed by atoms with Gasteiger partial charge in [0.05, 0.1) is 7.11 Å². The van der Waals surface area contributed by atoms with Crippen molar-refractivity contribution < 1.29 is 9.47 Å². The second kappa shape index (κ2) is 13.5. The molecule has 0 radical (unpaired) electrons. The van der Waals surface area contributed by atoms with Gasteiger partial charge in [-0.15, -0.1) is 24.8 Å². The molecule has 0 saturated heterocycles. The molecule has 0 unspecified atom stereocenters. The van der Waals surface area contributed by atoms with Gasteiger partial charge in [-0.1, -0.05) is 30.3 Å². The Hall–Kier alpha value is -3.08. The van der Waals surface area contributed by atoms with E-state index in [4.69, 9.17) is 9.47 Å². The van der Waals surface area contributed by atoms with Crippen molar-refractivity contribution in [1.29, 1.82) is 0 Å². The molecule has 4 nitrogen and oxygen atoms in total. The van der Waals surface area contributed by atoms with Gasteiger partial charge in [0.25, 0.3) is 0 Å². The fraction of sp³-hybridized carbons (Fsp3) is 0.185. The molecule has 0 bridgehead atoms. The molecule has 0 aliphatic heterocycles. The van der Waals surface area contributed by atoms with Crippen LogP contribution in [0.4, 0.5) is 0 Å². The molecule has 0 aliphatic carbocycles. The van der Waals surface area contributed by atoms with Crippen LogP contribution in [0.25, 0.3) is 0 Å². The molecule has 4 rings (SSSR count). The smallest absolute Gasteiger partial charge is 0.169 e. The van der Waals surface area contributed by atoms with Crippen molar-refractivity contribution in [1.82, 2.24) is 9.97 Å². The van der Waals surface area contributed by atoms with Gasteiger partial charge in [0, 0.05) is 23.8 Å². The van der Waals surface area contributed by atoms with E-state index in [1.807, 2.05) is 54.9 Å². The normalized spacial score (nSPS) is 9.97. The zero-order valence-corrected chi connectivity index (χ0v) is 20.1. The topological polar surface area (TPSA) is 44.2 Å². The van der Waals surface area contributed by atoms with E-state index in [1.54, 1.807) is 7.11 Å². The molecule has 6 heteroatoms. The number of rotatable bonds is 9. The number of ether oxygens (including phenoxy) is 2. The van der Waals surface area contributed by atoms with E-state index in [1.165, 1.54) is 11.1 Å². The number of hydrogen-bond donors (Lipinski definition) is 0. The number of pyridine rings is 2. The fourth-order valence-corrected chi connectivity index (χ4v) is 3.44. The minimum Gasteiger partial charge on any atom is -0.493 e. The van der Waals surface area contributed by atoms with Gasteiger partial charge in [0.2, 0.25) is 0 Å². The highest BCUT2D eigenvalue weighted by molar-refractivity contribution is 5.85. The second-order valence-electron chi connectivity index (χ2n) is 7.37. The van der Waals surface area contributed by atoms with Crippen molar-refractivity contribution in [2.24, 2.45) is 0 Å². The average Bonchev–Trinajstić information content (AvgIpc) is 2.84. The van der Waals surface area contributed by atoms with Crippen LogP contribution in [0.2, 0.25) is 0 Å². The maximum atomic E-state index is 6.16. The van der Waals surface area contributed by atoms with Crippen molar-refractivity contribution in [2.75, 3.05) is 7.11 Å². The van der Waals surface area contributed by atoms with Crippen molar-refractivity contribution >= 4 is 24.8 Å². The van der Waals surface area contributed by atoms with Crippen LogP contribution in [0.5, 0.6) is 17.2 Å². The van der Waals surface area contributed by atoms with Gasteiger partial charge < -0.3 is 9.47 Å². The number of benzene rings is 2. The lowest BCUT2D eigenvalue weighted by molar-refractivity contribution is 0.378. The second-order valence-corrected chi connectivity index (χ2v) is 7.37. The van der Waals surface area contributed by atoms with Gasteiger partial charge in [0.1, 0.15) is 5.75 Å². The monoisotopic (exact) mass is 482 g/mol. The third-order valence-corrected chi connectivity index (χ3v) is 5.17. The minimum atomic E-state index is 0. The number of aromatic nitrogens is 2. The summed E-state index contributed by atoms with van der Waals surface area (Å²) in [5.74, 6) is 2.24. The summed E-state index contributed by atoms with van der Waals surface area (Å²) in [5.41, 5.74) is 4.64. The van der Waals surface area contributed by atoms with Crippen molar-refractivity contribution in [3.63, 3.8) is 0 Å². The summed E-state index contributed by atoms with van der Waals surface area (Å²) in [6, 6.07) is 26.4. The van der Waals surface area contributed by atoms with Crippen LogP contribution in [0.15, 0.2) is 91.3 Å². The number of halogens is 2. The highest BCUT2D eigenvalue weighted by Gasteiger charge is 2.08. The summed E-state index contributed by atoms with van der Waals surface area (Å²) in [4.78, 5) is 8.79. The molecule has 0 N–H and O–H groups in total. The van der Waals surface area contributed by atoms with Crippen LogP contribution in [-0.4, -0.2) is 17.1 Å². The van der Waals surface area contributed by atoms with Gasteiger partial charge in [-0.05, 0) is 85.3 Å². The maximum absolute atomic E-state index is 6.16. The molecule has 0 atom stereocenters. The van der Waals surface area contributed by atoms with Gasteiger partial charge in [-0.2, -0.15) is 0 Å². The molecule has 2 heterocycles. The summed E-state index contributed by atoms with van der Waals surface area (Å²) in [5, 5.41) is 0. The van der Waals surface area contributed by atoms with E-state index in [2.05, 4.69) is 46.4 Å². The van der Waals surface area contributed by atoms with E-state index >= 15 is 0 Å². The number of methoxy groups -OCH3 is 1. The van der Waals surface area contributed by atoms with E-state index < -0.39 is 0 Å². The lowest BCUT2D eigenvalue weighted by Crippen LogP contribution is -1.97. The highest BCUT2D eigenvalue weighted by Crippen LogP contribution is 2.33.